The maximum absolute atomic E-state index is 11.9. The normalized spacial score (nSPS) is 11.8. The van der Waals surface area contributed by atoms with Crippen molar-refractivity contribution < 1.29 is 9.53 Å². The minimum atomic E-state index is -0.624. The highest BCUT2D eigenvalue weighted by atomic mass is 32.1. The van der Waals surface area contributed by atoms with Crippen LogP contribution in [0.15, 0.2) is 18.2 Å². The van der Waals surface area contributed by atoms with Crippen LogP contribution in [-0.2, 0) is 4.79 Å². The molecule has 5 nitrogen and oxygen atoms in total. The number of thiazole rings is 1. The summed E-state index contributed by atoms with van der Waals surface area (Å²) in [5, 5.41) is 12.2. The van der Waals surface area contributed by atoms with Crippen molar-refractivity contribution in [1.29, 1.82) is 5.26 Å². The number of benzene rings is 1. The molecule has 2 aromatic rings. The third kappa shape index (κ3) is 3.06. The van der Waals surface area contributed by atoms with Gasteiger partial charge in [-0.1, -0.05) is 24.7 Å². The second-order valence-electron chi connectivity index (χ2n) is 4.31. The molecule has 0 radical (unpaired) electrons. The topological polar surface area (TPSA) is 75.0 Å². The van der Waals surface area contributed by atoms with Crippen LogP contribution in [0, 0.1) is 17.2 Å². The van der Waals surface area contributed by atoms with Crippen LogP contribution in [0.5, 0.6) is 5.75 Å². The number of carbonyl (C=O) groups excluding carboxylic acids is 1. The van der Waals surface area contributed by atoms with Crippen LogP contribution in [0.25, 0.3) is 10.2 Å². The van der Waals surface area contributed by atoms with E-state index < -0.39 is 5.92 Å². The van der Waals surface area contributed by atoms with Crippen LogP contribution in [0.3, 0.4) is 0 Å². The second kappa shape index (κ2) is 6.35. The number of anilines is 1. The predicted octanol–water partition coefficient (Wildman–Crippen LogP) is 3.18. The number of amides is 1. The summed E-state index contributed by atoms with van der Waals surface area (Å²) in [5.41, 5.74) is 0.801. The molecule has 0 saturated carbocycles. The summed E-state index contributed by atoms with van der Waals surface area (Å²) >= 11 is 1.37. The van der Waals surface area contributed by atoms with E-state index in [0.717, 1.165) is 22.4 Å². The Kier molecular flexibility index (Phi) is 4.53. The van der Waals surface area contributed by atoms with Crippen LogP contribution in [0.1, 0.15) is 19.8 Å². The Morgan fingerprint density at radius 3 is 3.05 bits per heavy atom. The molecule has 1 heterocycles. The van der Waals surface area contributed by atoms with E-state index in [1.165, 1.54) is 11.3 Å². The van der Waals surface area contributed by atoms with Gasteiger partial charge in [0.25, 0.3) is 0 Å². The van der Waals surface area contributed by atoms with Gasteiger partial charge < -0.3 is 10.1 Å². The van der Waals surface area contributed by atoms with Gasteiger partial charge in [0.05, 0.1) is 23.4 Å². The van der Waals surface area contributed by atoms with Gasteiger partial charge in [0, 0.05) is 0 Å². The number of methoxy groups -OCH3 is 1. The van der Waals surface area contributed by atoms with Gasteiger partial charge in [0.15, 0.2) is 5.13 Å². The first-order valence-electron chi connectivity index (χ1n) is 6.33. The van der Waals surface area contributed by atoms with E-state index >= 15 is 0 Å². The monoisotopic (exact) mass is 289 g/mol. The number of hydrogen-bond donors (Lipinski definition) is 1. The Labute approximate surface area is 121 Å². The molecule has 0 aliphatic carbocycles. The molecule has 0 aliphatic heterocycles. The molecule has 1 amide bonds. The number of hydrogen-bond acceptors (Lipinski definition) is 5. The first-order valence-corrected chi connectivity index (χ1v) is 7.14. The molecule has 0 saturated heterocycles. The van der Waals surface area contributed by atoms with Crippen LogP contribution >= 0.6 is 11.3 Å². The van der Waals surface area contributed by atoms with Crippen LogP contribution in [-0.4, -0.2) is 18.0 Å². The minimum absolute atomic E-state index is 0.291. The zero-order valence-corrected chi connectivity index (χ0v) is 12.2. The van der Waals surface area contributed by atoms with Crippen LogP contribution < -0.4 is 10.1 Å². The molecule has 6 heteroatoms. The lowest BCUT2D eigenvalue weighted by Gasteiger charge is -2.05. The number of ether oxygens (including phenoxy) is 1. The number of aromatic nitrogens is 1. The lowest BCUT2D eigenvalue weighted by molar-refractivity contribution is -0.118. The van der Waals surface area contributed by atoms with Crippen molar-refractivity contribution in [2.75, 3.05) is 12.4 Å². The minimum Gasteiger partial charge on any atom is -0.497 e. The lowest BCUT2D eigenvalue weighted by atomic mass is 10.1. The molecule has 104 valence electrons. The van der Waals surface area contributed by atoms with Gasteiger partial charge >= 0.3 is 0 Å². The van der Waals surface area contributed by atoms with Crippen LogP contribution in [0.2, 0.25) is 0 Å². The van der Waals surface area contributed by atoms with Crippen molar-refractivity contribution in [3.63, 3.8) is 0 Å². The SMILES string of the molecule is CCCC(C#N)C(=O)Nc1nc2ccc(OC)cc2s1. The molecule has 20 heavy (non-hydrogen) atoms. The summed E-state index contributed by atoms with van der Waals surface area (Å²) in [7, 11) is 1.60. The third-order valence-electron chi connectivity index (χ3n) is 2.88. The summed E-state index contributed by atoms with van der Waals surface area (Å²) in [4.78, 5) is 16.3. The summed E-state index contributed by atoms with van der Waals surface area (Å²) < 4.78 is 6.08. The van der Waals surface area contributed by atoms with E-state index in [1.54, 1.807) is 7.11 Å². The highest BCUT2D eigenvalue weighted by molar-refractivity contribution is 7.22. The van der Waals surface area contributed by atoms with Crippen LogP contribution in [0.4, 0.5) is 5.13 Å². The maximum atomic E-state index is 11.9. The third-order valence-corrected chi connectivity index (χ3v) is 3.81. The Hall–Kier alpha value is -2.13. The van der Waals surface area contributed by atoms with Gasteiger partial charge in [-0.2, -0.15) is 5.26 Å². The van der Waals surface area contributed by atoms with Gasteiger partial charge in [0.1, 0.15) is 11.7 Å². The average Bonchev–Trinajstić information content (AvgIpc) is 2.85. The number of fused-ring (bicyclic) bond motifs is 1. The molecule has 1 aromatic carbocycles. The van der Waals surface area contributed by atoms with Crippen molar-refractivity contribution in [3.8, 4) is 11.8 Å². The molecular weight excluding hydrogens is 274 g/mol. The van der Waals surface area contributed by atoms with Crippen molar-refractivity contribution in [2.24, 2.45) is 5.92 Å². The molecule has 0 spiro atoms. The fourth-order valence-corrected chi connectivity index (χ4v) is 2.72. The maximum Gasteiger partial charge on any atom is 0.243 e. The summed E-state index contributed by atoms with van der Waals surface area (Å²) in [6.45, 7) is 1.95. The summed E-state index contributed by atoms with van der Waals surface area (Å²) in [6.07, 6.45) is 1.35. The molecule has 1 N–H and O–H groups in total. The van der Waals surface area contributed by atoms with E-state index in [9.17, 15) is 4.79 Å². The highest BCUT2D eigenvalue weighted by Gasteiger charge is 2.18. The van der Waals surface area contributed by atoms with E-state index in [4.69, 9.17) is 10.00 Å². The summed E-state index contributed by atoms with van der Waals surface area (Å²) in [6, 6.07) is 7.55. The average molecular weight is 289 g/mol. The Morgan fingerprint density at radius 2 is 2.40 bits per heavy atom. The van der Waals surface area contributed by atoms with Crippen molar-refractivity contribution in [2.45, 2.75) is 19.8 Å². The van der Waals surface area contributed by atoms with Crippen molar-refractivity contribution in [3.05, 3.63) is 18.2 Å². The zero-order valence-electron chi connectivity index (χ0n) is 11.3. The Morgan fingerprint density at radius 1 is 1.60 bits per heavy atom. The van der Waals surface area contributed by atoms with Crippen molar-refractivity contribution >= 4 is 32.6 Å². The predicted molar refractivity (Wildman–Crippen MR) is 78.8 cm³/mol. The quantitative estimate of drug-likeness (QED) is 0.917. The van der Waals surface area contributed by atoms with Gasteiger partial charge in [-0.3, -0.25) is 4.79 Å². The Balaban J connectivity index is 2.17. The number of nitrogens with zero attached hydrogens (tertiary/aromatic N) is 2. The van der Waals surface area contributed by atoms with E-state index in [-0.39, 0.29) is 5.91 Å². The molecule has 1 unspecified atom stereocenters. The molecule has 0 bridgehead atoms. The van der Waals surface area contributed by atoms with Gasteiger partial charge in [0.2, 0.25) is 5.91 Å². The molecule has 1 aromatic heterocycles. The molecule has 0 aliphatic rings. The van der Waals surface area contributed by atoms with E-state index in [0.29, 0.717) is 11.6 Å². The van der Waals surface area contributed by atoms with Gasteiger partial charge in [-0.25, -0.2) is 4.98 Å². The molecule has 2 rings (SSSR count). The number of rotatable bonds is 5. The summed E-state index contributed by atoms with van der Waals surface area (Å²) in [5.74, 6) is -0.165. The molecule has 0 fully saturated rings. The van der Waals surface area contributed by atoms with Gasteiger partial charge in [-0.15, -0.1) is 0 Å². The first kappa shape index (κ1) is 14.3. The number of carbonyl (C=O) groups is 1. The molecule has 1 atom stereocenters. The zero-order chi connectivity index (χ0) is 14.5. The van der Waals surface area contributed by atoms with Gasteiger partial charge in [-0.05, 0) is 24.6 Å². The largest absolute Gasteiger partial charge is 0.497 e. The highest BCUT2D eigenvalue weighted by Crippen LogP contribution is 2.29. The first-order chi connectivity index (χ1) is 9.67. The van der Waals surface area contributed by atoms with E-state index in [2.05, 4.69) is 10.3 Å². The smallest absolute Gasteiger partial charge is 0.243 e. The fraction of sp³-hybridized carbons (Fsp3) is 0.357. The molecular formula is C14H15N3O2S. The lowest BCUT2D eigenvalue weighted by Crippen LogP contribution is -2.21. The second-order valence-corrected chi connectivity index (χ2v) is 5.34. The van der Waals surface area contributed by atoms with E-state index in [1.807, 2.05) is 31.2 Å². The number of nitriles is 1. The standard InChI is InChI=1S/C14H15N3O2S/c1-3-4-9(8-15)13(18)17-14-16-11-6-5-10(19-2)7-12(11)20-14/h5-7,9H,3-4H2,1-2H3,(H,16,17,18). The number of nitrogens with one attached hydrogen (secondary N) is 1. The Bertz CT molecular complexity index is 660. The van der Waals surface area contributed by atoms with Crippen molar-refractivity contribution in [1.82, 2.24) is 4.98 Å². The fourth-order valence-electron chi connectivity index (χ4n) is 1.82.